The summed E-state index contributed by atoms with van der Waals surface area (Å²) in [5.74, 6) is 1.000. The highest BCUT2D eigenvalue weighted by Crippen LogP contribution is 2.43. The zero-order valence-electron chi connectivity index (χ0n) is 11.5. The first kappa shape index (κ1) is 11.7. The third-order valence-electron chi connectivity index (χ3n) is 4.28. The maximum Gasteiger partial charge on any atom is 0.140 e. The average Bonchev–Trinajstić information content (AvgIpc) is 3.15. The van der Waals surface area contributed by atoms with E-state index in [0.717, 1.165) is 35.3 Å². The van der Waals surface area contributed by atoms with Gasteiger partial charge in [-0.3, -0.25) is 0 Å². The molecule has 1 heterocycles. The summed E-state index contributed by atoms with van der Waals surface area (Å²) in [7, 11) is 2.06. The van der Waals surface area contributed by atoms with Crippen LogP contribution < -0.4 is 5.73 Å². The number of hydrogen-bond donors (Lipinski definition) is 1. The maximum atomic E-state index is 6.28. The maximum absolute atomic E-state index is 6.28. The van der Waals surface area contributed by atoms with Crippen LogP contribution in [-0.4, -0.2) is 9.55 Å². The number of rotatable bonds is 2. The summed E-state index contributed by atoms with van der Waals surface area (Å²) in [5.41, 5.74) is 10.7. The van der Waals surface area contributed by atoms with Crippen LogP contribution in [0.4, 0.5) is 0 Å². The van der Waals surface area contributed by atoms with Crippen LogP contribution in [0, 0.1) is 0 Å². The van der Waals surface area contributed by atoms with Gasteiger partial charge in [-0.2, -0.15) is 0 Å². The van der Waals surface area contributed by atoms with Gasteiger partial charge in [0.15, 0.2) is 0 Å². The van der Waals surface area contributed by atoms with E-state index >= 15 is 0 Å². The minimum Gasteiger partial charge on any atom is -0.327 e. The fraction of sp³-hybridized carbons (Fsp3) is 0.235. The van der Waals surface area contributed by atoms with Crippen LogP contribution in [0.25, 0.3) is 22.4 Å². The van der Waals surface area contributed by atoms with Gasteiger partial charge in [0.25, 0.3) is 0 Å². The van der Waals surface area contributed by atoms with Gasteiger partial charge in [0.05, 0.1) is 11.0 Å². The molecule has 0 radical (unpaired) electrons. The topological polar surface area (TPSA) is 43.8 Å². The summed E-state index contributed by atoms with van der Waals surface area (Å²) < 4.78 is 2.14. The van der Waals surface area contributed by atoms with Crippen molar-refractivity contribution >= 4 is 11.0 Å². The number of benzene rings is 2. The normalized spacial score (nSPS) is 16.5. The minimum absolute atomic E-state index is 0.0986. The standard InChI is InChI=1S/C17H17N3/c1-20-15-8-7-13(17(18)9-10-17)11-14(15)19-16(20)12-5-3-2-4-6-12/h2-8,11H,9-10,18H2,1H3. The van der Waals surface area contributed by atoms with Gasteiger partial charge in [-0.1, -0.05) is 36.4 Å². The molecule has 2 N–H and O–H groups in total. The lowest BCUT2D eigenvalue weighted by Crippen LogP contribution is -2.18. The Labute approximate surface area is 118 Å². The molecule has 3 heteroatoms. The van der Waals surface area contributed by atoms with E-state index in [0.29, 0.717) is 0 Å². The minimum atomic E-state index is -0.0986. The first-order chi connectivity index (χ1) is 9.67. The highest BCUT2D eigenvalue weighted by Gasteiger charge is 2.40. The van der Waals surface area contributed by atoms with Gasteiger partial charge in [0.2, 0.25) is 0 Å². The Balaban J connectivity index is 1.90. The van der Waals surface area contributed by atoms with E-state index in [1.165, 1.54) is 5.56 Å². The molecule has 2 aromatic carbocycles. The zero-order chi connectivity index (χ0) is 13.7. The number of aromatic nitrogens is 2. The molecule has 4 rings (SSSR count). The average molecular weight is 263 g/mol. The van der Waals surface area contributed by atoms with Gasteiger partial charge >= 0.3 is 0 Å². The van der Waals surface area contributed by atoms with Gasteiger partial charge in [0.1, 0.15) is 5.82 Å². The van der Waals surface area contributed by atoms with Crippen LogP contribution in [0.3, 0.4) is 0 Å². The Morgan fingerprint density at radius 3 is 2.55 bits per heavy atom. The van der Waals surface area contributed by atoms with Crippen molar-refractivity contribution in [3.05, 3.63) is 54.1 Å². The van der Waals surface area contributed by atoms with Crippen LogP contribution in [0.2, 0.25) is 0 Å². The second-order valence-electron chi connectivity index (χ2n) is 5.72. The van der Waals surface area contributed by atoms with Gasteiger partial charge in [-0.25, -0.2) is 4.98 Å². The molecule has 3 aromatic rings. The molecule has 0 atom stereocenters. The number of nitrogens with zero attached hydrogens (tertiary/aromatic N) is 2. The van der Waals surface area contributed by atoms with Crippen molar-refractivity contribution in [1.29, 1.82) is 0 Å². The molecule has 0 bridgehead atoms. The molecule has 1 aliphatic carbocycles. The number of aryl methyl sites for hydroxylation is 1. The largest absolute Gasteiger partial charge is 0.327 e. The summed E-state index contributed by atoms with van der Waals surface area (Å²) >= 11 is 0. The van der Waals surface area contributed by atoms with Crippen molar-refractivity contribution in [3.8, 4) is 11.4 Å². The summed E-state index contributed by atoms with van der Waals surface area (Å²) in [5, 5.41) is 0. The summed E-state index contributed by atoms with van der Waals surface area (Å²) in [6.45, 7) is 0. The summed E-state index contributed by atoms with van der Waals surface area (Å²) in [6, 6.07) is 16.7. The van der Waals surface area contributed by atoms with Gasteiger partial charge in [-0.05, 0) is 30.5 Å². The predicted molar refractivity (Wildman–Crippen MR) is 81.2 cm³/mol. The van der Waals surface area contributed by atoms with Crippen LogP contribution >= 0.6 is 0 Å². The Kier molecular flexibility index (Phi) is 2.30. The van der Waals surface area contributed by atoms with E-state index in [-0.39, 0.29) is 5.54 Å². The third kappa shape index (κ3) is 1.67. The SMILES string of the molecule is Cn1c(-c2ccccc2)nc2cc(C3(N)CC3)ccc21. The monoisotopic (exact) mass is 263 g/mol. The summed E-state index contributed by atoms with van der Waals surface area (Å²) in [6.07, 6.45) is 2.16. The predicted octanol–water partition coefficient (Wildman–Crippen LogP) is 3.19. The molecule has 1 aromatic heterocycles. The first-order valence-electron chi connectivity index (χ1n) is 6.99. The molecular formula is C17H17N3. The van der Waals surface area contributed by atoms with E-state index in [2.05, 4.69) is 41.9 Å². The number of fused-ring (bicyclic) bond motifs is 1. The van der Waals surface area contributed by atoms with Crippen molar-refractivity contribution in [2.75, 3.05) is 0 Å². The molecule has 100 valence electrons. The lowest BCUT2D eigenvalue weighted by atomic mass is 10.1. The third-order valence-corrected chi connectivity index (χ3v) is 4.28. The number of imidazole rings is 1. The van der Waals surface area contributed by atoms with Gasteiger partial charge in [-0.15, -0.1) is 0 Å². The molecule has 1 aliphatic rings. The van der Waals surface area contributed by atoms with E-state index in [9.17, 15) is 0 Å². The molecule has 0 spiro atoms. The van der Waals surface area contributed by atoms with Crippen LogP contribution in [-0.2, 0) is 12.6 Å². The van der Waals surface area contributed by atoms with Crippen molar-refractivity contribution in [1.82, 2.24) is 9.55 Å². The molecule has 1 fully saturated rings. The van der Waals surface area contributed by atoms with Crippen LogP contribution in [0.1, 0.15) is 18.4 Å². The van der Waals surface area contributed by atoms with Crippen molar-refractivity contribution in [2.24, 2.45) is 12.8 Å². The lowest BCUT2D eigenvalue weighted by molar-refractivity contribution is 0.741. The molecule has 0 unspecified atom stereocenters. The second-order valence-corrected chi connectivity index (χ2v) is 5.72. The molecule has 0 aliphatic heterocycles. The Hall–Kier alpha value is -2.13. The number of hydrogen-bond acceptors (Lipinski definition) is 2. The Morgan fingerprint density at radius 1 is 1.10 bits per heavy atom. The van der Waals surface area contributed by atoms with E-state index in [1.54, 1.807) is 0 Å². The smallest absolute Gasteiger partial charge is 0.140 e. The zero-order valence-corrected chi connectivity index (χ0v) is 11.5. The molecule has 3 nitrogen and oxygen atoms in total. The lowest BCUT2D eigenvalue weighted by Gasteiger charge is -2.08. The second kappa shape index (κ2) is 3.93. The van der Waals surface area contributed by atoms with E-state index in [4.69, 9.17) is 10.7 Å². The molecular weight excluding hydrogens is 246 g/mol. The van der Waals surface area contributed by atoms with E-state index in [1.807, 2.05) is 18.2 Å². The quantitative estimate of drug-likeness (QED) is 0.771. The molecule has 0 saturated heterocycles. The highest BCUT2D eigenvalue weighted by molar-refractivity contribution is 5.81. The van der Waals surface area contributed by atoms with Crippen LogP contribution in [0.15, 0.2) is 48.5 Å². The highest BCUT2D eigenvalue weighted by atomic mass is 15.1. The number of nitrogens with two attached hydrogens (primary N) is 1. The van der Waals surface area contributed by atoms with Crippen LogP contribution in [0.5, 0.6) is 0 Å². The van der Waals surface area contributed by atoms with Crippen molar-refractivity contribution in [3.63, 3.8) is 0 Å². The molecule has 20 heavy (non-hydrogen) atoms. The van der Waals surface area contributed by atoms with Gasteiger partial charge < -0.3 is 10.3 Å². The molecule has 1 saturated carbocycles. The fourth-order valence-electron chi connectivity index (χ4n) is 2.78. The Bertz CT molecular complexity index is 783. The fourth-order valence-corrected chi connectivity index (χ4v) is 2.78. The van der Waals surface area contributed by atoms with Crippen molar-refractivity contribution < 1.29 is 0 Å². The molecule has 0 amide bonds. The van der Waals surface area contributed by atoms with E-state index < -0.39 is 0 Å². The van der Waals surface area contributed by atoms with Gasteiger partial charge in [0, 0.05) is 18.2 Å². The first-order valence-corrected chi connectivity index (χ1v) is 6.99. The van der Waals surface area contributed by atoms with Crippen molar-refractivity contribution in [2.45, 2.75) is 18.4 Å². The Morgan fingerprint density at radius 2 is 1.85 bits per heavy atom. The summed E-state index contributed by atoms with van der Waals surface area (Å²) in [4.78, 5) is 4.79.